The Morgan fingerprint density at radius 3 is 1.75 bits per heavy atom. The molecule has 0 heterocycles. The third kappa shape index (κ3) is 5.07. The molecule has 1 aliphatic carbocycles. The standard InChI is InChI=1S/C32H28F6N2/c1-17(2)23-10-7-11-24(18(3)4)28(23)40-30-26-13-6-9-19-8-5-12-25(27(19)26)29(30)39-22-15-20(31(33,34)35)14-21(16-22)32(36,37)38/h5-18,29,39H,1-4H3/b40-30+. The van der Waals surface area contributed by atoms with Crippen molar-refractivity contribution in [2.45, 2.75) is 57.9 Å². The second-order valence-corrected chi connectivity index (χ2v) is 10.7. The number of hydrogen-bond acceptors (Lipinski definition) is 2. The van der Waals surface area contributed by atoms with Crippen molar-refractivity contribution in [1.29, 1.82) is 0 Å². The molecule has 1 N–H and O–H groups in total. The van der Waals surface area contributed by atoms with Crippen molar-refractivity contribution in [3.05, 3.63) is 106 Å². The van der Waals surface area contributed by atoms with Crippen LogP contribution in [0, 0.1) is 0 Å². The van der Waals surface area contributed by atoms with Gasteiger partial charge in [0.2, 0.25) is 0 Å². The molecule has 0 spiro atoms. The zero-order chi connectivity index (χ0) is 29.0. The zero-order valence-corrected chi connectivity index (χ0v) is 22.4. The molecule has 1 atom stereocenters. The number of alkyl halides is 6. The molecule has 2 nitrogen and oxygen atoms in total. The lowest BCUT2D eigenvalue weighted by Crippen LogP contribution is -2.19. The molecule has 40 heavy (non-hydrogen) atoms. The van der Waals surface area contributed by atoms with Gasteiger partial charge in [0.25, 0.3) is 0 Å². The van der Waals surface area contributed by atoms with Crippen LogP contribution in [0.25, 0.3) is 10.8 Å². The third-order valence-corrected chi connectivity index (χ3v) is 7.27. The van der Waals surface area contributed by atoms with E-state index in [1.54, 1.807) is 0 Å². The molecule has 0 saturated carbocycles. The van der Waals surface area contributed by atoms with Gasteiger partial charge in [-0.3, -0.25) is 0 Å². The first-order valence-electron chi connectivity index (χ1n) is 13.0. The largest absolute Gasteiger partial charge is 0.416 e. The molecule has 4 aromatic rings. The van der Waals surface area contributed by atoms with Crippen LogP contribution in [0.1, 0.15) is 79.0 Å². The average Bonchev–Trinajstić information content (AvgIpc) is 3.16. The Labute approximate surface area is 228 Å². The highest BCUT2D eigenvalue weighted by Crippen LogP contribution is 2.44. The van der Waals surface area contributed by atoms with Gasteiger partial charge in [-0.2, -0.15) is 26.3 Å². The Morgan fingerprint density at radius 1 is 0.700 bits per heavy atom. The van der Waals surface area contributed by atoms with Crippen LogP contribution in [0.5, 0.6) is 0 Å². The molecule has 1 aliphatic rings. The number of hydrogen-bond donors (Lipinski definition) is 1. The van der Waals surface area contributed by atoms with Crippen LogP contribution in [-0.4, -0.2) is 5.71 Å². The summed E-state index contributed by atoms with van der Waals surface area (Å²) in [6.45, 7) is 8.24. The number of aliphatic imine (C=N–C) groups is 1. The van der Waals surface area contributed by atoms with Gasteiger partial charge >= 0.3 is 12.4 Å². The molecule has 208 valence electrons. The van der Waals surface area contributed by atoms with Crippen LogP contribution < -0.4 is 5.32 Å². The maximum Gasteiger partial charge on any atom is 0.416 e. The van der Waals surface area contributed by atoms with Gasteiger partial charge in [-0.25, -0.2) is 4.99 Å². The molecule has 0 radical (unpaired) electrons. The van der Waals surface area contributed by atoms with E-state index < -0.39 is 29.5 Å². The summed E-state index contributed by atoms with van der Waals surface area (Å²) in [6.07, 6.45) is -9.90. The number of para-hydroxylation sites is 1. The fourth-order valence-electron chi connectivity index (χ4n) is 5.36. The lowest BCUT2D eigenvalue weighted by atomic mass is 9.92. The SMILES string of the molecule is CC(C)c1cccc(C(C)C)c1/N=C1\c2cccc3cccc(c23)C1Nc1cc(C(F)(F)F)cc(C(F)(F)F)c1. The molecule has 4 aromatic carbocycles. The van der Waals surface area contributed by atoms with Gasteiger partial charge in [0.15, 0.2) is 0 Å². The molecule has 0 aromatic heterocycles. The summed E-state index contributed by atoms with van der Waals surface area (Å²) < 4.78 is 81.8. The highest BCUT2D eigenvalue weighted by Gasteiger charge is 2.38. The summed E-state index contributed by atoms with van der Waals surface area (Å²) in [4.78, 5) is 5.17. The molecule has 5 rings (SSSR count). The van der Waals surface area contributed by atoms with Crippen molar-refractivity contribution < 1.29 is 26.3 Å². The Balaban J connectivity index is 1.75. The molecule has 8 heteroatoms. The van der Waals surface area contributed by atoms with E-state index in [0.29, 0.717) is 5.71 Å². The van der Waals surface area contributed by atoms with Gasteiger partial charge in [-0.15, -0.1) is 0 Å². The molecule has 0 bridgehead atoms. The smallest absolute Gasteiger partial charge is 0.373 e. The highest BCUT2D eigenvalue weighted by molar-refractivity contribution is 6.22. The summed E-state index contributed by atoms with van der Waals surface area (Å²) >= 11 is 0. The molecule has 0 saturated heterocycles. The van der Waals surface area contributed by atoms with E-state index in [-0.39, 0.29) is 23.6 Å². The molecular weight excluding hydrogens is 526 g/mol. The zero-order valence-electron chi connectivity index (χ0n) is 22.4. The van der Waals surface area contributed by atoms with Crippen LogP contribution in [0.3, 0.4) is 0 Å². The second kappa shape index (κ2) is 9.98. The predicted molar refractivity (Wildman–Crippen MR) is 148 cm³/mol. The first kappa shape index (κ1) is 27.7. The van der Waals surface area contributed by atoms with E-state index in [0.717, 1.165) is 50.8 Å². The summed E-state index contributed by atoms with van der Waals surface area (Å²) in [7, 11) is 0. The molecule has 0 fully saturated rings. The minimum absolute atomic E-state index is 0.137. The maximum atomic E-state index is 13.6. The van der Waals surface area contributed by atoms with Gasteiger partial charge < -0.3 is 5.32 Å². The maximum absolute atomic E-state index is 13.6. The highest BCUT2D eigenvalue weighted by atomic mass is 19.4. The number of nitrogens with one attached hydrogen (secondary N) is 1. The van der Waals surface area contributed by atoms with Crippen LogP contribution in [0.4, 0.5) is 37.7 Å². The first-order chi connectivity index (χ1) is 18.8. The number of anilines is 1. The lowest BCUT2D eigenvalue weighted by Gasteiger charge is -2.22. The molecule has 0 aliphatic heterocycles. The van der Waals surface area contributed by atoms with E-state index in [1.807, 2.05) is 54.6 Å². The number of halogens is 6. The van der Waals surface area contributed by atoms with Crippen molar-refractivity contribution >= 4 is 27.9 Å². The second-order valence-electron chi connectivity index (χ2n) is 10.7. The number of rotatable bonds is 5. The minimum atomic E-state index is -4.95. The number of benzene rings is 4. The minimum Gasteiger partial charge on any atom is -0.373 e. The van der Waals surface area contributed by atoms with Crippen LogP contribution in [0.2, 0.25) is 0 Å². The number of nitrogens with zero attached hydrogens (tertiary/aromatic N) is 1. The molecule has 0 amide bonds. The van der Waals surface area contributed by atoms with E-state index in [9.17, 15) is 26.3 Å². The van der Waals surface area contributed by atoms with Gasteiger partial charge in [0.1, 0.15) is 0 Å². The third-order valence-electron chi connectivity index (χ3n) is 7.27. The van der Waals surface area contributed by atoms with E-state index in [4.69, 9.17) is 4.99 Å². The van der Waals surface area contributed by atoms with Crippen molar-refractivity contribution in [2.75, 3.05) is 5.32 Å². The predicted octanol–water partition coefficient (Wildman–Crippen LogP) is 10.4. The van der Waals surface area contributed by atoms with Crippen molar-refractivity contribution in [2.24, 2.45) is 4.99 Å². The average molecular weight is 555 g/mol. The summed E-state index contributed by atoms with van der Waals surface area (Å²) in [5, 5.41) is 4.79. The normalized spacial score (nSPS) is 16.5. The van der Waals surface area contributed by atoms with Gasteiger partial charge in [0, 0.05) is 11.3 Å². The van der Waals surface area contributed by atoms with E-state index >= 15 is 0 Å². The first-order valence-corrected chi connectivity index (χ1v) is 13.0. The van der Waals surface area contributed by atoms with E-state index in [1.165, 1.54) is 0 Å². The summed E-state index contributed by atoms with van der Waals surface area (Å²) in [6, 6.07) is 18.1. The molecular formula is C32H28F6N2. The van der Waals surface area contributed by atoms with Gasteiger partial charge in [0.05, 0.1) is 28.6 Å². The van der Waals surface area contributed by atoms with Crippen molar-refractivity contribution in [3.8, 4) is 0 Å². The lowest BCUT2D eigenvalue weighted by molar-refractivity contribution is -0.143. The Hall–Kier alpha value is -3.81. The van der Waals surface area contributed by atoms with Crippen LogP contribution in [-0.2, 0) is 12.4 Å². The van der Waals surface area contributed by atoms with Crippen LogP contribution in [0.15, 0.2) is 77.8 Å². The van der Waals surface area contributed by atoms with E-state index in [2.05, 4.69) is 33.0 Å². The Kier molecular flexibility index (Phi) is 6.92. The van der Waals surface area contributed by atoms with Crippen molar-refractivity contribution in [3.63, 3.8) is 0 Å². The summed E-state index contributed by atoms with van der Waals surface area (Å²) in [5.74, 6) is 0.281. The van der Waals surface area contributed by atoms with Gasteiger partial charge in [-0.1, -0.05) is 82.3 Å². The topological polar surface area (TPSA) is 24.4 Å². The molecule has 1 unspecified atom stereocenters. The van der Waals surface area contributed by atoms with Crippen molar-refractivity contribution in [1.82, 2.24) is 0 Å². The van der Waals surface area contributed by atoms with Crippen LogP contribution >= 0.6 is 0 Å². The quantitative estimate of drug-likeness (QED) is 0.244. The fraction of sp³-hybridized carbons (Fsp3) is 0.281. The monoisotopic (exact) mass is 554 g/mol. The Bertz CT molecular complexity index is 1550. The van der Waals surface area contributed by atoms with Gasteiger partial charge in [-0.05, 0) is 57.5 Å². The fourth-order valence-corrected chi connectivity index (χ4v) is 5.36. The summed E-state index contributed by atoms with van der Waals surface area (Å²) in [5.41, 5.74) is 1.86. The Morgan fingerprint density at radius 2 is 1.23 bits per heavy atom.